The third-order valence-corrected chi connectivity index (χ3v) is 4.85. The molecule has 0 aliphatic rings. The fourth-order valence-electron chi connectivity index (χ4n) is 3.29. The maximum Gasteiger partial charge on any atom is 0.416 e. The Hall–Kier alpha value is -3.88. The Labute approximate surface area is 180 Å². The molecule has 5 nitrogen and oxygen atoms in total. The van der Waals surface area contributed by atoms with Crippen LogP contribution in [0, 0.1) is 5.82 Å². The minimum Gasteiger partial charge on any atom is -0.334 e. The number of hydrogen-bond acceptors (Lipinski definition) is 2. The van der Waals surface area contributed by atoms with Gasteiger partial charge >= 0.3 is 12.2 Å². The lowest BCUT2D eigenvalue weighted by molar-refractivity contribution is -0.137. The van der Waals surface area contributed by atoms with Gasteiger partial charge < -0.3 is 5.32 Å². The van der Waals surface area contributed by atoms with E-state index in [2.05, 4.69) is 15.7 Å². The summed E-state index contributed by atoms with van der Waals surface area (Å²) < 4.78 is 53.3. The summed E-state index contributed by atoms with van der Waals surface area (Å²) in [5.74, 6) is -0.0815. The molecular weight excluding hydrogens is 424 g/mol. The van der Waals surface area contributed by atoms with Crippen molar-refractivity contribution in [2.45, 2.75) is 19.3 Å². The Morgan fingerprint density at radius 3 is 2.41 bits per heavy atom. The van der Waals surface area contributed by atoms with Crippen LogP contribution in [-0.4, -0.2) is 15.8 Å². The van der Waals surface area contributed by atoms with Gasteiger partial charge in [-0.05, 0) is 47.5 Å². The van der Waals surface area contributed by atoms with Crippen LogP contribution in [0.3, 0.4) is 0 Å². The molecule has 3 aromatic carbocycles. The summed E-state index contributed by atoms with van der Waals surface area (Å²) in [6.07, 6.45) is -4.40. The molecule has 0 bridgehead atoms. The van der Waals surface area contributed by atoms with Crippen LogP contribution in [0.25, 0.3) is 10.9 Å². The number of aromatic nitrogens is 2. The number of halogens is 4. The minimum absolute atomic E-state index is 0.133. The molecule has 0 saturated heterocycles. The van der Waals surface area contributed by atoms with E-state index in [0.29, 0.717) is 27.8 Å². The van der Waals surface area contributed by atoms with Gasteiger partial charge in [0, 0.05) is 11.9 Å². The molecule has 0 unspecified atom stereocenters. The predicted molar refractivity (Wildman–Crippen MR) is 113 cm³/mol. The summed E-state index contributed by atoms with van der Waals surface area (Å²) in [6, 6.07) is 17.4. The Kier molecular flexibility index (Phi) is 5.81. The van der Waals surface area contributed by atoms with Crippen molar-refractivity contribution in [2.75, 3.05) is 5.32 Å². The van der Waals surface area contributed by atoms with Crippen molar-refractivity contribution >= 4 is 22.8 Å². The third-order valence-electron chi connectivity index (χ3n) is 4.85. The quantitative estimate of drug-likeness (QED) is 0.398. The summed E-state index contributed by atoms with van der Waals surface area (Å²) in [5.41, 5.74) is 1.24. The molecule has 0 aliphatic carbocycles. The monoisotopic (exact) mass is 442 g/mol. The van der Waals surface area contributed by atoms with E-state index >= 15 is 0 Å². The topological polar surface area (TPSA) is 59.0 Å². The third kappa shape index (κ3) is 4.88. The number of urea groups is 1. The molecular formula is C23H18F4N4O. The van der Waals surface area contributed by atoms with E-state index in [1.54, 1.807) is 35.0 Å². The molecule has 32 heavy (non-hydrogen) atoms. The Balaban J connectivity index is 1.50. The van der Waals surface area contributed by atoms with Crippen LogP contribution in [0.15, 0.2) is 72.8 Å². The number of nitrogens with one attached hydrogen (secondary N) is 2. The van der Waals surface area contributed by atoms with Gasteiger partial charge in [0.1, 0.15) is 5.82 Å². The smallest absolute Gasteiger partial charge is 0.334 e. The number of hydrogen-bond donors (Lipinski definition) is 2. The van der Waals surface area contributed by atoms with Crippen molar-refractivity contribution in [3.8, 4) is 0 Å². The van der Waals surface area contributed by atoms with Crippen molar-refractivity contribution in [3.63, 3.8) is 0 Å². The van der Waals surface area contributed by atoms with Crippen LogP contribution < -0.4 is 10.6 Å². The zero-order valence-electron chi connectivity index (χ0n) is 16.7. The number of alkyl halides is 3. The lowest BCUT2D eigenvalue weighted by Crippen LogP contribution is -2.28. The number of benzene rings is 3. The Bertz CT molecular complexity index is 1250. The molecule has 2 amide bonds. The van der Waals surface area contributed by atoms with Gasteiger partial charge in [0.05, 0.1) is 17.6 Å². The molecule has 0 radical (unpaired) electrons. The van der Waals surface area contributed by atoms with Crippen LogP contribution in [0.5, 0.6) is 0 Å². The summed E-state index contributed by atoms with van der Waals surface area (Å²) in [5, 5.41) is 10.4. The number of carbonyl (C=O) groups is 1. The average molecular weight is 442 g/mol. The second-order valence-corrected chi connectivity index (χ2v) is 7.16. The lowest BCUT2D eigenvalue weighted by atomic mass is 10.1. The first-order valence-corrected chi connectivity index (χ1v) is 9.70. The van der Waals surface area contributed by atoms with Gasteiger partial charge in [0.25, 0.3) is 0 Å². The second kappa shape index (κ2) is 8.70. The molecule has 9 heteroatoms. The summed E-state index contributed by atoms with van der Waals surface area (Å²) in [7, 11) is 0. The first-order chi connectivity index (χ1) is 15.3. The van der Waals surface area contributed by atoms with E-state index < -0.39 is 23.6 Å². The van der Waals surface area contributed by atoms with Gasteiger partial charge in [-0.15, -0.1) is 0 Å². The van der Waals surface area contributed by atoms with Crippen LogP contribution in [0.2, 0.25) is 0 Å². The molecule has 0 atom stereocenters. The molecule has 4 rings (SSSR count). The van der Waals surface area contributed by atoms with E-state index in [1.807, 2.05) is 6.07 Å². The minimum atomic E-state index is -4.40. The normalized spacial score (nSPS) is 11.5. The van der Waals surface area contributed by atoms with Gasteiger partial charge in [0.15, 0.2) is 5.82 Å². The van der Waals surface area contributed by atoms with E-state index in [9.17, 15) is 22.4 Å². The molecule has 0 fully saturated rings. The van der Waals surface area contributed by atoms with Gasteiger partial charge in [-0.1, -0.05) is 36.4 Å². The molecule has 0 spiro atoms. The highest BCUT2D eigenvalue weighted by Crippen LogP contribution is 2.29. The van der Waals surface area contributed by atoms with E-state index in [0.717, 1.165) is 12.1 Å². The van der Waals surface area contributed by atoms with Gasteiger partial charge in [-0.3, -0.25) is 10.00 Å². The van der Waals surface area contributed by atoms with Crippen molar-refractivity contribution < 1.29 is 22.4 Å². The summed E-state index contributed by atoms with van der Waals surface area (Å²) in [4.78, 5) is 12.3. The predicted octanol–water partition coefficient (Wildman–Crippen LogP) is 5.56. The molecule has 0 aliphatic heterocycles. The summed E-state index contributed by atoms with van der Waals surface area (Å²) >= 11 is 0. The van der Waals surface area contributed by atoms with Crippen LogP contribution >= 0.6 is 0 Å². The van der Waals surface area contributed by atoms with Crippen LogP contribution in [0.4, 0.5) is 28.2 Å². The second-order valence-electron chi connectivity index (χ2n) is 7.16. The Morgan fingerprint density at radius 1 is 0.938 bits per heavy atom. The average Bonchev–Trinajstić information content (AvgIpc) is 3.09. The zero-order valence-corrected chi connectivity index (χ0v) is 16.7. The van der Waals surface area contributed by atoms with Crippen LogP contribution in [0.1, 0.15) is 16.7 Å². The first-order valence-electron chi connectivity index (χ1n) is 9.70. The highest BCUT2D eigenvalue weighted by molar-refractivity contribution is 5.99. The van der Waals surface area contributed by atoms with Crippen molar-refractivity contribution in [1.29, 1.82) is 0 Å². The van der Waals surface area contributed by atoms with Crippen molar-refractivity contribution in [2.24, 2.45) is 0 Å². The number of fused-ring (bicyclic) bond motifs is 1. The number of rotatable bonds is 5. The van der Waals surface area contributed by atoms with E-state index in [1.165, 1.54) is 24.3 Å². The summed E-state index contributed by atoms with van der Waals surface area (Å²) in [6.45, 7) is 0.360. The fraction of sp³-hybridized carbons (Fsp3) is 0.130. The van der Waals surface area contributed by atoms with Crippen molar-refractivity contribution in [1.82, 2.24) is 15.1 Å². The number of nitrogens with zero attached hydrogens (tertiary/aromatic N) is 2. The van der Waals surface area contributed by atoms with E-state index in [4.69, 9.17) is 0 Å². The number of anilines is 1. The molecule has 0 saturated carbocycles. The standard InChI is InChI=1S/C23H18F4N4O/c24-18-5-3-4-16(12-18)13-28-22(32)29-21-19-6-1-2-7-20(19)31(30-21)14-15-8-10-17(11-9-15)23(25,26)27/h1-12H,13-14H2,(H2,28,29,30,32). The first kappa shape index (κ1) is 21.4. The number of carbonyl (C=O) groups excluding carboxylic acids is 1. The highest BCUT2D eigenvalue weighted by Gasteiger charge is 2.29. The zero-order chi connectivity index (χ0) is 22.7. The maximum absolute atomic E-state index is 13.3. The molecule has 1 heterocycles. The lowest BCUT2D eigenvalue weighted by Gasteiger charge is -2.08. The SMILES string of the molecule is O=C(NCc1cccc(F)c1)Nc1nn(Cc2ccc(C(F)(F)F)cc2)c2ccccc12. The van der Waals surface area contributed by atoms with Crippen molar-refractivity contribution in [3.05, 3.63) is 95.3 Å². The maximum atomic E-state index is 13.3. The molecule has 164 valence electrons. The molecule has 4 aromatic rings. The largest absolute Gasteiger partial charge is 0.416 e. The fourth-order valence-corrected chi connectivity index (χ4v) is 3.29. The van der Waals surface area contributed by atoms with Gasteiger partial charge in [0.2, 0.25) is 0 Å². The highest BCUT2D eigenvalue weighted by atomic mass is 19.4. The number of para-hydroxylation sites is 1. The van der Waals surface area contributed by atoms with E-state index in [-0.39, 0.29) is 13.1 Å². The van der Waals surface area contributed by atoms with Gasteiger partial charge in [-0.25, -0.2) is 9.18 Å². The number of amides is 2. The van der Waals surface area contributed by atoms with Gasteiger partial charge in [-0.2, -0.15) is 18.3 Å². The Morgan fingerprint density at radius 2 is 1.69 bits per heavy atom. The van der Waals surface area contributed by atoms with Crippen LogP contribution in [-0.2, 0) is 19.3 Å². The molecule has 2 N–H and O–H groups in total. The molecule has 1 aromatic heterocycles.